The van der Waals surface area contributed by atoms with Crippen molar-refractivity contribution in [3.05, 3.63) is 0 Å². The third kappa shape index (κ3) is 1.77. The summed E-state index contributed by atoms with van der Waals surface area (Å²) in [6.45, 7) is 0. The fraction of sp³-hybridized carbons (Fsp3) is 1.00. The molecule has 4 aliphatic rings. The standard InChI is InChI=1S/C16H27N/c17-16(15-8-11-2-4-13(15)6-11)9-14-7-10-1-3-12(14)5-10/h10-16H,1-9,17H2. The lowest BCUT2D eigenvalue weighted by Gasteiger charge is -2.32. The lowest BCUT2D eigenvalue weighted by molar-refractivity contribution is 0.218. The maximum Gasteiger partial charge on any atom is 0.00726 e. The van der Waals surface area contributed by atoms with Gasteiger partial charge in [0.1, 0.15) is 0 Å². The van der Waals surface area contributed by atoms with E-state index in [1.54, 1.807) is 6.42 Å². The van der Waals surface area contributed by atoms with Crippen molar-refractivity contribution >= 4 is 0 Å². The molecular formula is C16H27N. The Labute approximate surface area is 106 Å². The molecule has 0 amide bonds. The maximum absolute atomic E-state index is 6.58. The van der Waals surface area contributed by atoms with E-state index in [9.17, 15) is 0 Å². The van der Waals surface area contributed by atoms with E-state index in [0.717, 1.165) is 35.5 Å². The summed E-state index contributed by atoms with van der Waals surface area (Å²) in [6, 6.07) is 0.551. The molecule has 0 spiro atoms. The smallest absolute Gasteiger partial charge is 0.00726 e. The zero-order chi connectivity index (χ0) is 11.4. The highest BCUT2D eigenvalue weighted by Gasteiger charge is 2.45. The highest BCUT2D eigenvalue weighted by molar-refractivity contribution is 4.97. The number of hydrogen-bond acceptors (Lipinski definition) is 1. The Kier molecular flexibility index (Phi) is 2.54. The molecule has 4 saturated carbocycles. The van der Waals surface area contributed by atoms with Gasteiger partial charge in [0, 0.05) is 6.04 Å². The molecule has 4 fully saturated rings. The van der Waals surface area contributed by atoms with Gasteiger partial charge in [0.2, 0.25) is 0 Å². The predicted molar refractivity (Wildman–Crippen MR) is 70.5 cm³/mol. The van der Waals surface area contributed by atoms with E-state index in [4.69, 9.17) is 5.73 Å². The van der Waals surface area contributed by atoms with Gasteiger partial charge in [-0.15, -0.1) is 0 Å². The van der Waals surface area contributed by atoms with E-state index < -0.39 is 0 Å². The molecule has 0 aromatic carbocycles. The number of rotatable bonds is 3. The molecule has 0 aliphatic heterocycles. The van der Waals surface area contributed by atoms with E-state index in [2.05, 4.69) is 0 Å². The average Bonchev–Trinajstić information content (AvgIpc) is 3.08. The molecule has 0 aromatic heterocycles. The van der Waals surface area contributed by atoms with Crippen LogP contribution in [0.2, 0.25) is 0 Å². The van der Waals surface area contributed by atoms with Gasteiger partial charge in [0.25, 0.3) is 0 Å². The summed E-state index contributed by atoms with van der Waals surface area (Å²) in [6.07, 6.45) is 13.5. The first-order chi connectivity index (χ1) is 8.29. The molecule has 4 bridgehead atoms. The van der Waals surface area contributed by atoms with Gasteiger partial charge in [-0.05, 0) is 80.5 Å². The number of hydrogen-bond donors (Lipinski definition) is 1. The monoisotopic (exact) mass is 233 g/mol. The van der Waals surface area contributed by atoms with Crippen molar-refractivity contribution in [1.82, 2.24) is 0 Å². The molecule has 7 atom stereocenters. The topological polar surface area (TPSA) is 26.0 Å². The molecular weight excluding hydrogens is 206 g/mol. The van der Waals surface area contributed by atoms with Crippen LogP contribution in [-0.2, 0) is 0 Å². The second-order valence-electron chi connectivity index (χ2n) is 7.67. The van der Waals surface area contributed by atoms with Crippen LogP contribution in [0.3, 0.4) is 0 Å². The van der Waals surface area contributed by atoms with Crippen molar-refractivity contribution in [2.45, 2.75) is 63.8 Å². The maximum atomic E-state index is 6.58. The second-order valence-corrected chi connectivity index (χ2v) is 7.67. The van der Waals surface area contributed by atoms with Crippen LogP contribution in [0.15, 0.2) is 0 Å². The number of nitrogens with two attached hydrogens (primary N) is 1. The minimum atomic E-state index is 0.551. The average molecular weight is 233 g/mol. The summed E-state index contributed by atoms with van der Waals surface area (Å²) in [7, 11) is 0. The summed E-state index contributed by atoms with van der Waals surface area (Å²) in [4.78, 5) is 0. The highest BCUT2D eigenvalue weighted by Crippen LogP contribution is 2.53. The van der Waals surface area contributed by atoms with Gasteiger partial charge in [-0.25, -0.2) is 0 Å². The quantitative estimate of drug-likeness (QED) is 0.792. The molecule has 0 saturated heterocycles. The largest absolute Gasteiger partial charge is 0.327 e. The van der Waals surface area contributed by atoms with Crippen molar-refractivity contribution in [3.63, 3.8) is 0 Å². The van der Waals surface area contributed by atoms with Crippen molar-refractivity contribution in [3.8, 4) is 0 Å². The van der Waals surface area contributed by atoms with Gasteiger partial charge >= 0.3 is 0 Å². The van der Waals surface area contributed by atoms with E-state index in [1.165, 1.54) is 51.4 Å². The summed E-state index contributed by atoms with van der Waals surface area (Å²) >= 11 is 0. The highest BCUT2D eigenvalue weighted by atomic mass is 14.7. The van der Waals surface area contributed by atoms with Crippen molar-refractivity contribution in [1.29, 1.82) is 0 Å². The van der Waals surface area contributed by atoms with Crippen LogP contribution >= 0.6 is 0 Å². The third-order valence-electron chi connectivity index (χ3n) is 6.80. The summed E-state index contributed by atoms with van der Waals surface area (Å²) in [5, 5.41) is 0. The van der Waals surface area contributed by atoms with Crippen molar-refractivity contribution in [2.75, 3.05) is 0 Å². The second kappa shape index (κ2) is 3.98. The first kappa shape index (κ1) is 10.8. The number of fused-ring (bicyclic) bond motifs is 4. The van der Waals surface area contributed by atoms with Crippen molar-refractivity contribution < 1.29 is 0 Å². The van der Waals surface area contributed by atoms with E-state index >= 15 is 0 Å². The third-order valence-corrected chi connectivity index (χ3v) is 6.80. The van der Waals surface area contributed by atoms with Gasteiger partial charge < -0.3 is 5.73 Å². The Hall–Kier alpha value is -0.0400. The van der Waals surface area contributed by atoms with Gasteiger partial charge in [-0.3, -0.25) is 0 Å². The molecule has 17 heavy (non-hydrogen) atoms. The van der Waals surface area contributed by atoms with E-state index in [0.29, 0.717) is 6.04 Å². The van der Waals surface area contributed by atoms with Gasteiger partial charge in [-0.1, -0.05) is 12.8 Å². The lowest BCUT2D eigenvalue weighted by Crippen LogP contribution is -2.36. The molecule has 0 aromatic rings. The zero-order valence-electron chi connectivity index (χ0n) is 11.0. The lowest BCUT2D eigenvalue weighted by atomic mass is 9.77. The van der Waals surface area contributed by atoms with Crippen LogP contribution in [0.25, 0.3) is 0 Å². The Bertz CT molecular complexity index is 300. The van der Waals surface area contributed by atoms with E-state index in [-0.39, 0.29) is 0 Å². The van der Waals surface area contributed by atoms with Crippen LogP contribution in [0.1, 0.15) is 57.8 Å². The Morgan fingerprint density at radius 1 is 0.824 bits per heavy atom. The van der Waals surface area contributed by atoms with Crippen LogP contribution in [0.4, 0.5) is 0 Å². The SMILES string of the molecule is NC(CC1CC2CCC1C2)C1CC2CCC1C2. The first-order valence-corrected chi connectivity index (χ1v) is 8.05. The Balaban J connectivity index is 1.36. The first-order valence-electron chi connectivity index (χ1n) is 8.05. The Morgan fingerprint density at radius 2 is 1.53 bits per heavy atom. The van der Waals surface area contributed by atoms with Crippen LogP contribution in [0, 0.1) is 35.5 Å². The van der Waals surface area contributed by atoms with Crippen LogP contribution in [-0.4, -0.2) is 6.04 Å². The van der Waals surface area contributed by atoms with Gasteiger partial charge in [0.15, 0.2) is 0 Å². The van der Waals surface area contributed by atoms with E-state index in [1.807, 2.05) is 0 Å². The Morgan fingerprint density at radius 3 is 2.06 bits per heavy atom. The van der Waals surface area contributed by atoms with Gasteiger partial charge in [-0.2, -0.15) is 0 Å². The molecule has 0 heterocycles. The summed E-state index contributed by atoms with van der Waals surface area (Å²) in [5.74, 6) is 6.18. The molecule has 1 heteroatoms. The minimum absolute atomic E-state index is 0.551. The predicted octanol–water partition coefficient (Wildman–Crippen LogP) is 3.58. The molecule has 4 aliphatic carbocycles. The summed E-state index contributed by atoms with van der Waals surface area (Å²) in [5.41, 5.74) is 6.58. The van der Waals surface area contributed by atoms with Crippen LogP contribution in [0.5, 0.6) is 0 Å². The fourth-order valence-electron chi connectivity index (χ4n) is 6.01. The normalized spacial score (nSPS) is 53.5. The zero-order valence-corrected chi connectivity index (χ0v) is 11.0. The van der Waals surface area contributed by atoms with Crippen molar-refractivity contribution in [2.24, 2.45) is 41.2 Å². The minimum Gasteiger partial charge on any atom is -0.327 e. The molecule has 2 N–H and O–H groups in total. The van der Waals surface area contributed by atoms with Gasteiger partial charge in [0.05, 0.1) is 0 Å². The molecule has 4 rings (SSSR count). The fourth-order valence-corrected chi connectivity index (χ4v) is 6.01. The molecule has 0 radical (unpaired) electrons. The summed E-state index contributed by atoms with van der Waals surface area (Å²) < 4.78 is 0. The van der Waals surface area contributed by atoms with Crippen LogP contribution < -0.4 is 5.73 Å². The molecule has 7 unspecified atom stereocenters. The molecule has 96 valence electrons. The molecule has 1 nitrogen and oxygen atoms in total.